The molecule has 0 spiro atoms. The van der Waals surface area contributed by atoms with Crippen LogP contribution in [0.3, 0.4) is 0 Å². The van der Waals surface area contributed by atoms with Gasteiger partial charge in [0.05, 0.1) is 0 Å². The molecule has 0 heterocycles. The molecule has 11 N–H and O–H groups in total. The molecule has 82 valence electrons. The van der Waals surface area contributed by atoms with Crippen molar-refractivity contribution in [3.05, 3.63) is 0 Å². The van der Waals surface area contributed by atoms with Gasteiger partial charge in [-0.1, -0.05) is 0 Å². The summed E-state index contributed by atoms with van der Waals surface area (Å²) in [6.07, 6.45) is 0. The molecule has 0 unspecified atom stereocenters. The first-order chi connectivity index (χ1) is 3.06. The van der Waals surface area contributed by atoms with Crippen molar-refractivity contribution in [2.24, 2.45) is 0 Å². The van der Waals surface area contributed by atoms with Crippen molar-refractivity contribution in [1.29, 1.82) is 0 Å². The summed E-state index contributed by atoms with van der Waals surface area (Å²) in [5.41, 5.74) is 0. The topological polar surface area (TPSA) is 230 Å². The molecule has 0 atom stereocenters. The molecule has 0 aromatic rings. The Morgan fingerprint density at radius 1 is 1.00 bits per heavy atom. The van der Waals surface area contributed by atoms with Gasteiger partial charge in [-0.3, -0.25) is 0 Å². The average Bonchev–Trinajstić information content (AvgIpc) is 1.30. The molecule has 12 heavy (non-hydrogen) atoms. The quantitative estimate of drug-likeness (QED) is 0.289. The van der Waals surface area contributed by atoms with E-state index in [0.717, 1.165) is 0 Å². The van der Waals surface area contributed by atoms with Crippen LogP contribution in [0.1, 0.15) is 0 Å². The summed E-state index contributed by atoms with van der Waals surface area (Å²) in [6.45, 7) is 0. The van der Waals surface area contributed by atoms with Crippen LogP contribution < -0.4 is 0 Å². The van der Waals surface area contributed by atoms with Gasteiger partial charge in [0.1, 0.15) is 0 Å². The summed E-state index contributed by atoms with van der Waals surface area (Å²) in [6, 6.07) is 0. The van der Waals surface area contributed by atoms with E-state index in [0.29, 0.717) is 0 Å². The Labute approximate surface area is 77.2 Å². The van der Waals surface area contributed by atoms with E-state index < -0.39 is 10.4 Å². The molecule has 0 bridgehead atoms. The van der Waals surface area contributed by atoms with Crippen molar-refractivity contribution >= 4 is 10.4 Å². The fraction of sp³-hybridized carbons (Fsp3) is 0. The second kappa shape index (κ2) is 17.3. The molecule has 0 aliphatic rings. The molecule has 0 rings (SSSR count). The van der Waals surface area contributed by atoms with E-state index in [4.69, 9.17) is 4.55 Å². The summed E-state index contributed by atoms with van der Waals surface area (Å²) in [5, 5.41) is 0. The number of hydrogen-bond donors (Lipinski definition) is 1. The van der Waals surface area contributed by atoms with Crippen LogP contribution in [0.2, 0.25) is 0 Å². The molecule has 0 fully saturated rings. The summed E-state index contributed by atoms with van der Waals surface area (Å²) < 4.78 is 33.2. The monoisotopic (exact) mass is 254 g/mol. The molecule has 0 aliphatic carbocycles. The van der Waals surface area contributed by atoms with Crippen LogP contribution in [0, 0.1) is 0 Å². The predicted molar refractivity (Wildman–Crippen MR) is 31.8 cm³/mol. The first kappa shape index (κ1) is 39.8. The molecule has 0 radical (unpaired) electrons. The Bertz CT molecular complexity index is 123. The Hall–Kier alpha value is 0.214. The minimum atomic E-state index is -4.41. The van der Waals surface area contributed by atoms with Crippen molar-refractivity contribution in [3.63, 3.8) is 0 Å². The van der Waals surface area contributed by atoms with Crippen LogP contribution in [0.15, 0.2) is 0 Å². The Morgan fingerprint density at radius 3 is 1.25 bits per heavy atom. The van der Waals surface area contributed by atoms with Crippen LogP contribution in [0.25, 0.3) is 0 Å². The van der Waals surface area contributed by atoms with E-state index in [1.807, 2.05) is 0 Å². The third-order valence-electron chi connectivity index (χ3n) is 0.116. The van der Waals surface area contributed by atoms with Gasteiger partial charge in [-0.2, -0.15) is 0 Å². The van der Waals surface area contributed by atoms with E-state index >= 15 is 0 Å². The Kier molecular flexibility index (Phi) is 57.5. The van der Waals surface area contributed by atoms with E-state index in [2.05, 4.69) is 8.15 Å². The Morgan fingerprint density at radius 2 is 1.25 bits per heavy atom. The average molecular weight is 254 g/mol. The zero-order chi connectivity index (χ0) is 5.91. The second-order valence-corrected chi connectivity index (χ2v) is 1.79. The van der Waals surface area contributed by atoms with Gasteiger partial charge in [-0.25, -0.2) is 0 Å². The van der Waals surface area contributed by atoms with Crippen LogP contribution in [-0.2, 0) is 36.3 Å². The van der Waals surface area contributed by atoms with Crippen LogP contribution >= 0.6 is 0 Å². The number of hydrogen-bond acceptors (Lipinski definition) is 4. The summed E-state index contributed by atoms with van der Waals surface area (Å²) in [5.74, 6) is 0. The zero-order valence-electron chi connectivity index (χ0n) is 5.44. The molecule has 0 aromatic heterocycles. The standard InChI is InChI=1S/H2O5S.5H2O.V/c1-5-6(2,3)4;;;;;;/h1H,(H,2,3,4);5*1H2;/q;;;;;;+1/p-1. The SMILES string of the molecule is O.O.O.O.O.O=S(=O)(O)O[O][V]. The van der Waals surface area contributed by atoms with Crippen molar-refractivity contribution in [2.45, 2.75) is 0 Å². The van der Waals surface area contributed by atoms with Gasteiger partial charge in [0.25, 0.3) is 0 Å². The van der Waals surface area contributed by atoms with E-state index in [9.17, 15) is 8.42 Å². The fourth-order valence-corrected chi connectivity index (χ4v) is 0.476. The van der Waals surface area contributed by atoms with Crippen LogP contribution in [-0.4, -0.2) is 40.4 Å². The molecule has 0 saturated heterocycles. The van der Waals surface area contributed by atoms with Gasteiger partial charge in [-0.15, -0.1) is 0 Å². The van der Waals surface area contributed by atoms with Gasteiger partial charge in [-0.05, 0) is 0 Å². The fourth-order valence-electron chi connectivity index (χ4n) is 0.0385. The van der Waals surface area contributed by atoms with Crippen LogP contribution in [0.4, 0.5) is 0 Å². The van der Waals surface area contributed by atoms with E-state index in [-0.39, 0.29) is 27.4 Å². The first-order valence-corrected chi connectivity index (χ1v) is 2.97. The van der Waals surface area contributed by atoms with Gasteiger partial charge < -0.3 is 27.4 Å². The van der Waals surface area contributed by atoms with E-state index in [1.165, 1.54) is 17.8 Å². The van der Waals surface area contributed by atoms with Crippen molar-refractivity contribution in [1.82, 2.24) is 0 Å². The van der Waals surface area contributed by atoms with Crippen LogP contribution in [0.5, 0.6) is 0 Å². The molecule has 0 saturated carbocycles. The molecule has 0 aromatic carbocycles. The first-order valence-electron chi connectivity index (χ1n) is 1.03. The molecule has 12 heteroatoms. The van der Waals surface area contributed by atoms with Gasteiger partial charge >= 0.3 is 49.3 Å². The van der Waals surface area contributed by atoms with Gasteiger partial charge in [0, 0.05) is 0 Å². The summed E-state index contributed by atoms with van der Waals surface area (Å²) >= 11 is 1.35. The number of rotatable bonds is 2. The minimum absolute atomic E-state index is 0. The molecular formula is H11O10SV. The van der Waals surface area contributed by atoms with Crippen molar-refractivity contribution < 1.29 is 66.3 Å². The molecule has 0 amide bonds. The summed E-state index contributed by atoms with van der Waals surface area (Å²) in [4.78, 5) is 0. The van der Waals surface area contributed by atoms with E-state index in [1.54, 1.807) is 0 Å². The maximum absolute atomic E-state index is 9.43. The molecular weight excluding hydrogens is 243 g/mol. The van der Waals surface area contributed by atoms with Crippen molar-refractivity contribution in [2.75, 3.05) is 0 Å². The zero-order valence-corrected chi connectivity index (χ0v) is 7.65. The molecule has 0 aliphatic heterocycles. The van der Waals surface area contributed by atoms with Gasteiger partial charge in [0.2, 0.25) is 0 Å². The third-order valence-corrected chi connectivity index (χ3v) is 0.634. The maximum atomic E-state index is 9.43. The normalized spacial score (nSPS) is 6.75. The third kappa shape index (κ3) is 48.8. The summed E-state index contributed by atoms with van der Waals surface area (Å²) in [7, 11) is -4.41. The second-order valence-electron chi connectivity index (χ2n) is 0.570. The molecule has 10 nitrogen and oxygen atoms in total. The van der Waals surface area contributed by atoms with Gasteiger partial charge in [0.15, 0.2) is 0 Å². The Balaban J connectivity index is -0.0000000180. The van der Waals surface area contributed by atoms with Crippen molar-refractivity contribution in [3.8, 4) is 0 Å². The predicted octanol–water partition coefficient (Wildman–Crippen LogP) is -4.92.